The third-order valence-electron chi connectivity index (χ3n) is 3.73. The average Bonchev–Trinajstić information content (AvgIpc) is 3.20. The van der Waals surface area contributed by atoms with Crippen LogP contribution in [0.1, 0.15) is 0 Å². The molecule has 3 aromatic carbocycles. The summed E-state index contributed by atoms with van der Waals surface area (Å²) < 4.78 is 17.9. The molecule has 0 saturated carbocycles. The van der Waals surface area contributed by atoms with Gasteiger partial charge in [0.1, 0.15) is 10.8 Å². The van der Waals surface area contributed by atoms with E-state index < -0.39 is 0 Å². The molecule has 0 spiro atoms. The first-order valence-electron chi connectivity index (χ1n) is 7.96. The Hall–Kier alpha value is -3.47. The van der Waals surface area contributed by atoms with Crippen molar-refractivity contribution < 1.29 is 14.0 Å². The Morgan fingerprint density at radius 2 is 1.33 bits per heavy atom. The topological polar surface area (TPSA) is 59.9 Å². The minimum Gasteiger partial charge on any atom is -0.215 e. The largest absolute Gasteiger partial charge is 0.373 e. The first-order valence-corrected chi connectivity index (χ1v) is 8.73. The summed E-state index contributed by atoms with van der Waals surface area (Å²) in [6, 6.07) is 24.5. The Morgan fingerprint density at radius 3 is 2.04 bits per heavy atom. The molecule has 0 aliphatic carbocycles. The number of hydrogen-bond acceptors (Lipinski definition) is 5. The van der Waals surface area contributed by atoms with Crippen LogP contribution in [0.2, 0.25) is 0 Å². The maximum Gasteiger partial charge on any atom is 0.373 e. The van der Waals surface area contributed by atoms with E-state index in [0.29, 0.717) is 5.82 Å². The fraction of sp³-hybridized carbons (Fsp3) is 0. The number of rotatable bonds is 3. The normalized spacial score (nSPS) is 9.81. The molecule has 0 bridgehead atoms. The van der Waals surface area contributed by atoms with Crippen molar-refractivity contribution in [1.29, 1.82) is 0 Å². The van der Waals surface area contributed by atoms with Crippen molar-refractivity contribution in [2.45, 2.75) is 0 Å². The number of halogens is 1. The highest BCUT2D eigenvalue weighted by molar-refractivity contribution is 7.09. The zero-order valence-electron chi connectivity index (χ0n) is 14.0. The predicted molar refractivity (Wildman–Crippen MR) is 101 cm³/mol. The van der Waals surface area contributed by atoms with E-state index in [0.717, 1.165) is 27.3 Å². The lowest BCUT2D eigenvalue weighted by Gasteiger charge is -2.03. The number of nitrogens with zero attached hydrogens (tertiary/aromatic N) is 2. The van der Waals surface area contributed by atoms with Crippen molar-refractivity contribution in [3.63, 3.8) is 0 Å². The lowest BCUT2D eigenvalue weighted by atomic mass is 10.0. The zero-order valence-corrected chi connectivity index (χ0v) is 14.8. The van der Waals surface area contributed by atoms with Crippen molar-refractivity contribution in [1.82, 2.24) is 9.36 Å². The molecule has 1 heterocycles. The minimum atomic E-state index is -0.240. The van der Waals surface area contributed by atoms with Gasteiger partial charge < -0.3 is 0 Å². The Morgan fingerprint density at radius 1 is 0.741 bits per heavy atom. The van der Waals surface area contributed by atoms with E-state index >= 15 is 0 Å². The average molecular weight is 376 g/mol. The van der Waals surface area contributed by atoms with Gasteiger partial charge in [-0.05, 0) is 40.9 Å². The van der Waals surface area contributed by atoms with Crippen molar-refractivity contribution in [2.24, 2.45) is 0 Å². The van der Waals surface area contributed by atoms with Gasteiger partial charge in [0.2, 0.25) is 0 Å². The van der Waals surface area contributed by atoms with E-state index in [2.05, 4.69) is 9.36 Å². The summed E-state index contributed by atoms with van der Waals surface area (Å²) in [5.74, 6) is 0.452. The summed E-state index contributed by atoms with van der Waals surface area (Å²) in [7, 11) is 0. The van der Waals surface area contributed by atoms with Crippen LogP contribution in [0.3, 0.4) is 0 Å². The quantitative estimate of drug-likeness (QED) is 0.499. The number of aromatic nitrogens is 2. The van der Waals surface area contributed by atoms with Gasteiger partial charge in [-0.25, -0.2) is 9.37 Å². The van der Waals surface area contributed by atoms with E-state index in [4.69, 9.17) is 9.59 Å². The molecule has 0 saturated heterocycles. The Labute approximate surface area is 159 Å². The maximum absolute atomic E-state index is 13.4. The molecule has 4 aromatic rings. The second-order valence-corrected chi connectivity index (χ2v) is 6.22. The standard InChI is InChI=1S/C20H13FN2S.CO2/c21-18-11-5-9-16(13-18)15-8-4-10-17(12-15)19-22-20(24-23-19)14-6-2-1-3-7-14;2-1-3/h1-13H;. The van der Waals surface area contributed by atoms with Gasteiger partial charge in [0, 0.05) is 11.1 Å². The number of hydrogen-bond donors (Lipinski definition) is 0. The fourth-order valence-electron chi connectivity index (χ4n) is 2.54. The molecule has 0 radical (unpaired) electrons. The van der Waals surface area contributed by atoms with Crippen LogP contribution in [0.15, 0.2) is 78.9 Å². The smallest absolute Gasteiger partial charge is 0.215 e. The molecular weight excluding hydrogens is 363 g/mol. The SMILES string of the molecule is Fc1cccc(-c2cccc(-c3nsc(-c4ccccc4)n3)c2)c1.O=C=O. The first kappa shape index (κ1) is 18.3. The summed E-state index contributed by atoms with van der Waals surface area (Å²) in [6.45, 7) is 0. The fourth-order valence-corrected chi connectivity index (χ4v) is 3.23. The minimum absolute atomic E-state index is 0.240. The molecule has 27 heavy (non-hydrogen) atoms. The van der Waals surface area contributed by atoms with Crippen molar-refractivity contribution >= 4 is 17.7 Å². The van der Waals surface area contributed by atoms with Crippen LogP contribution >= 0.6 is 11.5 Å². The molecule has 4 nitrogen and oxygen atoms in total. The van der Waals surface area contributed by atoms with Gasteiger partial charge in [0.25, 0.3) is 0 Å². The highest BCUT2D eigenvalue weighted by Gasteiger charge is 2.09. The molecule has 1 aromatic heterocycles. The predicted octanol–water partition coefficient (Wildman–Crippen LogP) is 5.09. The van der Waals surface area contributed by atoms with Crippen LogP contribution in [-0.4, -0.2) is 15.5 Å². The van der Waals surface area contributed by atoms with Crippen LogP contribution in [-0.2, 0) is 9.59 Å². The van der Waals surface area contributed by atoms with E-state index in [1.165, 1.54) is 23.7 Å². The lowest BCUT2D eigenvalue weighted by molar-refractivity contribution is -0.191. The highest BCUT2D eigenvalue weighted by Crippen LogP contribution is 2.28. The van der Waals surface area contributed by atoms with Gasteiger partial charge in [-0.1, -0.05) is 60.7 Å². The maximum atomic E-state index is 13.4. The van der Waals surface area contributed by atoms with E-state index in [-0.39, 0.29) is 12.0 Å². The van der Waals surface area contributed by atoms with Gasteiger partial charge in [-0.2, -0.15) is 14.0 Å². The van der Waals surface area contributed by atoms with Crippen LogP contribution in [0.25, 0.3) is 33.1 Å². The Balaban J connectivity index is 0.000000659. The lowest BCUT2D eigenvalue weighted by Crippen LogP contribution is -1.84. The van der Waals surface area contributed by atoms with Crippen LogP contribution in [0, 0.1) is 5.82 Å². The summed E-state index contributed by atoms with van der Waals surface area (Å²) >= 11 is 1.38. The van der Waals surface area contributed by atoms with Gasteiger partial charge in [-0.3, -0.25) is 0 Å². The van der Waals surface area contributed by atoms with Gasteiger partial charge in [0.15, 0.2) is 5.82 Å². The summed E-state index contributed by atoms with van der Waals surface area (Å²) in [6.07, 6.45) is 0.250. The number of benzene rings is 3. The van der Waals surface area contributed by atoms with E-state index in [9.17, 15) is 4.39 Å². The number of carbonyl (C=O) groups excluding carboxylic acids is 2. The van der Waals surface area contributed by atoms with E-state index in [1.807, 2.05) is 60.7 Å². The zero-order chi connectivity index (χ0) is 19.1. The molecule has 6 heteroatoms. The molecule has 0 aliphatic heterocycles. The summed E-state index contributed by atoms with van der Waals surface area (Å²) in [4.78, 5) is 20.9. The highest BCUT2D eigenvalue weighted by atomic mass is 32.1. The van der Waals surface area contributed by atoms with Gasteiger partial charge in [0.05, 0.1) is 0 Å². The van der Waals surface area contributed by atoms with Crippen molar-refractivity contribution in [3.8, 4) is 33.1 Å². The molecule has 0 aliphatic rings. The monoisotopic (exact) mass is 376 g/mol. The molecule has 4 rings (SSSR count). The van der Waals surface area contributed by atoms with E-state index in [1.54, 1.807) is 6.07 Å². The molecule has 0 unspecified atom stereocenters. The molecular formula is C21H13FN2O2S. The van der Waals surface area contributed by atoms with Crippen LogP contribution in [0.5, 0.6) is 0 Å². The molecule has 0 fully saturated rings. The van der Waals surface area contributed by atoms with Crippen LogP contribution in [0.4, 0.5) is 4.39 Å². The molecule has 0 atom stereocenters. The Kier molecular flexibility index (Phi) is 5.94. The van der Waals surface area contributed by atoms with Crippen molar-refractivity contribution in [2.75, 3.05) is 0 Å². The molecule has 132 valence electrons. The molecule has 0 amide bonds. The summed E-state index contributed by atoms with van der Waals surface area (Å²) in [5, 5.41) is 0.891. The second kappa shape index (κ2) is 8.76. The van der Waals surface area contributed by atoms with Gasteiger partial charge >= 0.3 is 6.15 Å². The third kappa shape index (κ3) is 4.58. The summed E-state index contributed by atoms with van der Waals surface area (Å²) in [5.41, 5.74) is 3.77. The first-order chi connectivity index (χ1) is 13.2. The van der Waals surface area contributed by atoms with Crippen LogP contribution < -0.4 is 0 Å². The second-order valence-electron chi connectivity index (χ2n) is 5.46. The molecule has 0 N–H and O–H groups in total. The van der Waals surface area contributed by atoms with Gasteiger partial charge in [-0.15, -0.1) is 0 Å². The Bertz CT molecular complexity index is 1070. The third-order valence-corrected chi connectivity index (χ3v) is 4.49. The van der Waals surface area contributed by atoms with Crippen molar-refractivity contribution in [3.05, 3.63) is 84.7 Å².